The molecule has 0 aliphatic heterocycles. The van der Waals surface area contributed by atoms with Gasteiger partial charge in [-0.05, 0) is 31.9 Å². The van der Waals surface area contributed by atoms with E-state index in [9.17, 15) is 13.2 Å². The smallest absolute Gasteiger partial charge is 0.228 e. The van der Waals surface area contributed by atoms with Gasteiger partial charge >= 0.3 is 0 Å². The SMILES string of the molecule is CCN(C(=O)CCN(C1CCCCCC1)S(C)(=O)=O)c1ccccc1. The molecule has 0 atom stereocenters. The average molecular weight is 367 g/mol. The van der Waals surface area contributed by atoms with E-state index in [1.165, 1.54) is 19.1 Å². The van der Waals surface area contributed by atoms with Crippen LogP contribution < -0.4 is 4.90 Å². The average Bonchev–Trinajstić information content (AvgIpc) is 2.85. The van der Waals surface area contributed by atoms with Gasteiger partial charge < -0.3 is 4.90 Å². The normalized spacial score (nSPS) is 16.6. The third kappa shape index (κ3) is 5.82. The molecule has 1 aromatic carbocycles. The van der Waals surface area contributed by atoms with Crippen LogP contribution in [0.2, 0.25) is 0 Å². The Bertz CT molecular complexity index is 638. The second kappa shape index (κ2) is 9.34. The Kier molecular flexibility index (Phi) is 7.44. The molecule has 0 heterocycles. The summed E-state index contributed by atoms with van der Waals surface area (Å²) in [5, 5.41) is 0. The summed E-state index contributed by atoms with van der Waals surface area (Å²) < 4.78 is 26.1. The monoisotopic (exact) mass is 366 g/mol. The molecule has 0 unspecified atom stereocenters. The van der Waals surface area contributed by atoms with Gasteiger partial charge in [-0.1, -0.05) is 43.9 Å². The molecule has 0 aromatic heterocycles. The number of carbonyl (C=O) groups is 1. The molecule has 25 heavy (non-hydrogen) atoms. The maximum absolute atomic E-state index is 12.7. The molecular formula is C19H30N2O3S. The second-order valence-corrected chi connectivity index (χ2v) is 8.68. The third-order valence-electron chi connectivity index (χ3n) is 4.89. The van der Waals surface area contributed by atoms with Crippen molar-refractivity contribution < 1.29 is 13.2 Å². The van der Waals surface area contributed by atoms with Crippen LogP contribution in [0.25, 0.3) is 0 Å². The van der Waals surface area contributed by atoms with Crippen LogP contribution in [0.4, 0.5) is 5.69 Å². The van der Waals surface area contributed by atoms with E-state index >= 15 is 0 Å². The van der Waals surface area contributed by atoms with Crippen LogP contribution in [0.3, 0.4) is 0 Å². The van der Waals surface area contributed by atoms with Crippen LogP contribution >= 0.6 is 0 Å². The Morgan fingerprint density at radius 1 is 1.08 bits per heavy atom. The van der Waals surface area contributed by atoms with Gasteiger partial charge in [-0.25, -0.2) is 8.42 Å². The lowest BCUT2D eigenvalue weighted by Gasteiger charge is -2.29. The zero-order valence-corrected chi connectivity index (χ0v) is 16.2. The third-order valence-corrected chi connectivity index (χ3v) is 6.22. The van der Waals surface area contributed by atoms with Crippen molar-refractivity contribution in [3.63, 3.8) is 0 Å². The van der Waals surface area contributed by atoms with Crippen molar-refractivity contribution in [1.82, 2.24) is 4.31 Å². The number of rotatable bonds is 7. The number of para-hydroxylation sites is 1. The highest BCUT2D eigenvalue weighted by Crippen LogP contribution is 2.24. The first-order valence-electron chi connectivity index (χ1n) is 9.25. The summed E-state index contributed by atoms with van der Waals surface area (Å²) >= 11 is 0. The Morgan fingerprint density at radius 2 is 1.68 bits per heavy atom. The highest BCUT2D eigenvalue weighted by Gasteiger charge is 2.28. The first-order chi connectivity index (χ1) is 11.9. The van der Waals surface area contributed by atoms with Crippen molar-refractivity contribution in [2.24, 2.45) is 0 Å². The quantitative estimate of drug-likeness (QED) is 0.695. The summed E-state index contributed by atoms with van der Waals surface area (Å²) in [5.41, 5.74) is 0.857. The van der Waals surface area contributed by atoms with Gasteiger partial charge in [-0.15, -0.1) is 0 Å². The fourth-order valence-electron chi connectivity index (χ4n) is 3.62. The van der Waals surface area contributed by atoms with Gasteiger partial charge in [-0.3, -0.25) is 4.79 Å². The lowest BCUT2D eigenvalue weighted by Crippen LogP contribution is -2.42. The molecule has 0 N–H and O–H groups in total. The van der Waals surface area contributed by atoms with Gasteiger partial charge in [0.05, 0.1) is 6.26 Å². The van der Waals surface area contributed by atoms with Crippen LogP contribution in [0.1, 0.15) is 51.9 Å². The largest absolute Gasteiger partial charge is 0.313 e. The van der Waals surface area contributed by atoms with Gasteiger partial charge in [0.1, 0.15) is 0 Å². The highest BCUT2D eigenvalue weighted by atomic mass is 32.2. The van der Waals surface area contributed by atoms with Crippen LogP contribution in [0, 0.1) is 0 Å². The van der Waals surface area contributed by atoms with Crippen molar-refractivity contribution in [2.75, 3.05) is 24.2 Å². The molecule has 1 fully saturated rings. The molecule has 0 bridgehead atoms. The molecule has 0 radical (unpaired) electrons. The number of nitrogens with zero attached hydrogens (tertiary/aromatic N) is 2. The molecule has 1 aromatic rings. The van der Waals surface area contributed by atoms with E-state index in [4.69, 9.17) is 0 Å². The summed E-state index contributed by atoms with van der Waals surface area (Å²) in [6.07, 6.45) is 7.75. The number of hydrogen-bond donors (Lipinski definition) is 0. The van der Waals surface area contributed by atoms with Crippen molar-refractivity contribution in [1.29, 1.82) is 0 Å². The number of sulfonamides is 1. The minimum absolute atomic E-state index is 0.0315. The molecule has 5 nitrogen and oxygen atoms in total. The van der Waals surface area contributed by atoms with Gasteiger partial charge in [0.25, 0.3) is 0 Å². The standard InChI is InChI=1S/C19H30N2O3S/c1-3-20(17-11-9-6-10-12-17)19(22)15-16-21(25(2,23)24)18-13-7-4-5-8-14-18/h6,9-12,18H,3-5,7-8,13-16H2,1-2H3. The summed E-state index contributed by atoms with van der Waals surface area (Å²) in [6, 6.07) is 9.57. The predicted molar refractivity (Wildman–Crippen MR) is 102 cm³/mol. The van der Waals surface area contributed by atoms with Gasteiger partial charge in [0.2, 0.25) is 15.9 Å². The second-order valence-electron chi connectivity index (χ2n) is 6.74. The topological polar surface area (TPSA) is 57.7 Å². The van der Waals surface area contributed by atoms with Crippen LogP contribution in [0.15, 0.2) is 30.3 Å². The fourth-order valence-corrected chi connectivity index (χ4v) is 4.79. The Balaban J connectivity index is 2.05. The van der Waals surface area contributed by atoms with Crippen LogP contribution in [0.5, 0.6) is 0 Å². The first-order valence-corrected chi connectivity index (χ1v) is 11.1. The first kappa shape index (κ1) is 19.9. The predicted octanol–water partition coefficient (Wildman–Crippen LogP) is 3.41. The summed E-state index contributed by atoms with van der Waals surface area (Å²) in [4.78, 5) is 14.4. The maximum atomic E-state index is 12.7. The molecule has 6 heteroatoms. The highest BCUT2D eigenvalue weighted by molar-refractivity contribution is 7.88. The Hall–Kier alpha value is -1.40. The van der Waals surface area contributed by atoms with Gasteiger partial charge in [0.15, 0.2) is 0 Å². The number of benzene rings is 1. The van der Waals surface area contributed by atoms with Crippen molar-refractivity contribution in [2.45, 2.75) is 57.9 Å². The van der Waals surface area contributed by atoms with E-state index in [0.717, 1.165) is 31.4 Å². The lowest BCUT2D eigenvalue weighted by atomic mass is 10.1. The number of amides is 1. The van der Waals surface area contributed by atoms with Crippen molar-refractivity contribution in [3.05, 3.63) is 30.3 Å². The number of hydrogen-bond acceptors (Lipinski definition) is 3. The van der Waals surface area contributed by atoms with E-state index in [1.807, 2.05) is 37.3 Å². The van der Waals surface area contributed by atoms with Crippen molar-refractivity contribution in [3.8, 4) is 0 Å². The molecule has 0 spiro atoms. The summed E-state index contributed by atoms with van der Waals surface area (Å²) in [6.45, 7) is 2.78. The fraction of sp³-hybridized carbons (Fsp3) is 0.632. The van der Waals surface area contributed by atoms with Gasteiger partial charge in [-0.2, -0.15) is 4.31 Å². The number of carbonyl (C=O) groups excluding carboxylic acids is 1. The maximum Gasteiger partial charge on any atom is 0.228 e. The molecule has 1 aliphatic carbocycles. The molecule has 1 amide bonds. The van der Waals surface area contributed by atoms with E-state index in [2.05, 4.69) is 0 Å². The minimum Gasteiger partial charge on any atom is -0.313 e. The number of anilines is 1. The summed E-state index contributed by atoms with van der Waals surface area (Å²) in [5.74, 6) is -0.0315. The van der Waals surface area contributed by atoms with Gasteiger partial charge in [0, 0.05) is 31.2 Å². The Labute approximate surface area is 152 Å². The zero-order valence-electron chi connectivity index (χ0n) is 15.4. The van der Waals surface area contributed by atoms with E-state index in [0.29, 0.717) is 6.54 Å². The van der Waals surface area contributed by atoms with Crippen LogP contribution in [-0.2, 0) is 14.8 Å². The van der Waals surface area contributed by atoms with Crippen LogP contribution in [-0.4, -0.2) is 44.0 Å². The van der Waals surface area contributed by atoms with E-state index in [-0.39, 0.29) is 24.9 Å². The van der Waals surface area contributed by atoms with E-state index in [1.54, 1.807) is 9.21 Å². The molecule has 140 valence electrons. The molecule has 0 saturated heterocycles. The Morgan fingerprint density at radius 3 is 2.20 bits per heavy atom. The molecule has 1 aliphatic rings. The van der Waals surface area contributed by atoms with Crippen molar-refractivity contribution >= 4 is 21.6 Å². The summed E-state index contributed by atoms with van der Waals surface area (Å²) in [7, 11) is -3.31. The minimum atomic E-state index is -3.31. The zero-order chi connectivity index (χ0) is 18.3. The molecule has 2 rings (SSSR count). The molecule has 1 saturated carbocycles. The lowest BCUT2D eigenvalue weighted by molar-refractivity contribution is -0.118. The van der Waals surface area contributed by atoms with E-state index < -0.39 is 10.0 Å². The molecular weight excluding hydrogens is 336 g/mol.